The van der Waals surface area contributed by atoms with Gasteiger partial charge < -0.3 is 11.1 Å². The molecule has 3 N–H and O–H groups in total. The van der Waals surface area contributed by atoms with Crippen molar-refractivity contribution in [3.63, 3.8) is 0 Å². The van der Waals surface area contributed by atoms with E-state index in [1.165, 1.54) is 4.88 Å². The van der Waals surface area contributed by atoms with Crippen LogP contribution >= 0.6 is 11.3 Å². The van der Waals surface area contributed by atoms with Gasteiger partial charge in [-0.05, 0) is 13.3 Å². The van der Waals surface area contributed by atoms with Crippen LogP contribution in [0.1, 0.15) is 30.2 Å². The average Bonchev–Trinajstić information content (AvgIpc) is 2.61. The number of primary amides is 1. The number of nitrogens with zero attached hydrogens (tertiary/aromatic N) is 1. The summed E-state index contributed by atoms with van der Waals surface area (Å²) in [7, 11) is 0. The molecule has 15 heavy (non-hydrogen) atoms. The minimum absolute atomic E-state index is 0.120. The number of thiazole rings is 1. The Bertz CT molecular complexity index is 324. The zero-order valence-electron chi connectivity index (χ0n) is 9.12. The first-order valence-electron chi connectivity index (χ1n) is 5.07. The fourth-order valence-electron chi connectivity index (χ4n) is 1.24. The van der Waals surface area contributed by atoms with Crippen molar-refractivity contribution < 1.29 is 4.79 Å². The Labute approximate surface area is 93.9 Å². The van der Waals surface area contributed by atoms with Gasteiger partial charge >= 0.3 is 0 Å². The van der Waals surface area contributed by atoms with E-state index in [-0.39, 0.29) is 11.9 Å². The van der Waals surface area contributed by atoms with Crippen LogP contribution in [0.4, 0.5) is 0 Å². The Morgan fingerprint density at radius 2 is 2.47 bits per heavy atom. The number of nitrogens with two attached hydrogens (primary N) is 1. The first-order valence-corrected chi connectivity index (χ1v) is 5.88. The second-order valence-corrected chi connectivity index (χ2v) is 4.73. The molecular formula is C10H17N3OS. The number of aryl methyl sites for hydroxylation is 1. The predicted octanol–water partition coefficient (Wildman–Crippen LogP) is 1.06. The van der Waals surface area contributed by atoms with E-state index in [0.29, 0.717) is 6.42 Å². The van der Waals surface area contributed by atoms with Crippen molar-refractivity contribution in [1.29, 1.82) is 0 Å². The van der Waals surface area contributed by atoms with Crippen LogP contribution in [0, 0.1) is 0 Å². The Balaban J connectivity index is 2.33. The quantitative estimate of drug-likeness (QED) is 0.763. The highest BCUT2D eigenvalue weighted by atomic mass is 32.1. The molecule has 1 aromatic heterocycles. The second-order valence-electron chi connectivity index (χ2n) is 3.53. The molecule has 5 heteroatoms. The molecule has 1 amide bonds. The molecule has 1 unspecified atom stereocenters. The van der Waals surface area contributed by atoms with Crippen LogP contribution in [0.3, 0.4) is 0 Å². The van der Waals surface area contributed by atoms with Gasteiger partial charge in [0.25, 0.3) is 0 Å². The van der Waals surface area contributed by atoms with Crippen LogP contribution in [-0.4, -0.2) is 16.9 Å². The Morgan fingerprint density at radius 1 is 1.73 bits per heavy atom. The largest absolute Gasteiger partial charge is 0.370 e. The summed E-state index contributed by atoms with van der Waals surface area (Å²) < 4.78 is 0. The minimum Gasteiger partial charge on any atom is -0.370 e. The molecule has 0 aliphatic heterocycles. The predicted molar refractivity (Wildman–Crippen MR) is 61.6 cm³/mol. The van der Waals surface area contributed by atoms with Crippen LogP contribution in [0.25, 0.3) is 0 Å². The Kier molecular flexibility index (Phi) is 4.71. The monoisotopic (exact) mass is 227 g/mol. The smallest absolute Gasteiger partial charge is 0.218 e. The van der Waals surface area contributed by atoms with E-state index in [1.807, 2.05) is 13.1 Å². The van der Waals surface area contributed by atoms with Gasteiger partial charge in [0.05, 0.1) is 5.01 Å². The van der Waals surface area contributed by atoms with Crippen LogP contribution in [0.2, 0.25) is 0 Å². The lowest BCUT2D eigenvalue weighted by Gasteiger charge is -2.09. The summed E-state index contributed by atoms with van der Waals surface area (Å²) in [5.41, 5.74) is 5.10. The van der Waals surface area contributed by atoms with E-state index in [1.54, 1.807) is 11.3 Å². The molecule has 0 saturated heterocycles. The molecule has 0 bridgehead atoms. The van der Waals surface area contributed by atoms with Crippen LogP contribution in [0.5, 0.6) is 0 Å². The molecule has 84 valence electrons. The van der Waals surface area contributed by atoms with Crippen molar-refractivity contribution in [2.24, 2.45) is 5.73 Å². The molecule has 1 atom stereocenters. The number of carbonyl (C=O) groups is 1. The van der Waals surface area contributed by atoms with Crippen LogP contribution < -0.4 is 11.1 Å². The van der Waals surface area contributed by atoms with Gasteiger partial charge in [0, 0.05) is 30.1 Å². The number of hydrogen-bond acceptors (Lipinski definition) is 4. The average molecular weight is 227 g/mol. The van der Waals surface area contributed by atoms with Crippen molar-refractivity contribution >= 4 is 17.2 Å². The fraction of sp³-hybridized carbons (Fsp3) is 0.600. The molecule has 0 fully saturated rings. The maximum absolute atomic E-state index is 10.6. The van der Waals surface area contributed by atoms with Crippen molar-refractivity contribution in [1.82, 2.24) is 10.3 Å². The lowest BCUT2D eigenvalue weighted by atomic mass is 10.2. The number of aromatic nitrogens is 1. The van der Waals surface area contributed by atoms with Crippen LogP contribution in [0.15, 0.2) is 6.20 Å². The topological polar surface area (TPSA) is 68.0 Å². The fourth-order valence-corrected chi connectivity index (χ4v) is 2.06. The molecule has 0 saturated carbocycles. The van der Waals surface area contributed by atoms with Gasteiger partial charge in [-0.1, -0.05) is 6.92 Å². The van der Waals surface area contributed by atoms with E-state index in [4.69, 9.17) is 5.73 Å². The number of rotatable bonds is 6. The number of amides is 1. The lowest BCUT2D eigenvalue weighted by Crippen LogP contribution is -2.30. The highest BCUT2D eigenvalue weighted by Crippen LogP contribution is 2.13. The van der Waals surface area contributed by atoms with Crippen molar-refractivity contribution in [2.45, 2.75) is 39.3 Å². The number of nitrogens with one attached hydrogen (secondary N) is 1. The Hall–Kier alpha value is -0.940. The zero-order chi connectivity index (χ0) is 11.3. The molecule has 0 aromatic carbocycles. The third-order valence-corrected chi connectivity index (χ3v) is 3.18. The van der Waals surface area contributed by atoms with Crippen molar-refractivity contribution in [2.75, 3.05) is 0 Å². The first kappa shape index (κ1) is 12.1. The molecule has 0 radical (unpaired) electrons. The zero-order valence-corrected chi connectivity index (χ0v) is 9.93. The standard InChI is InChI=1S/C10H17N3OS/c1-3-10-13-6-8(15-10)5-12-7(2)4-9(11)14/h6-7,12H,3-5H2,1-2H3,(H2,11,14). The van der Waals surface area contributed by atoms with Gasteiger partial charge in [0.15, 0.2) is 0 Å². The normalized spacial score (nSPS) is 12.7. The van der Waals surface area contributed by atoms with E-state index in [0.717, 1.165) is 18.0 Å². The third-order valence-electron chi connectivity index (χ3n) is 2.04. The maximum Gasteiger partial charge on any atom is 0.218 e. The maximum atomic E-state index is 10.6. The summed E-state index contributed by atoms with van der Waals surface area (Å²) in [6.07, 6.45) is 3.23. The van der Waals surface area contributed by atoms with E-state index in [9.17, 15) is 4.79 Å². The van der Waals surface area contributed by atoms with Gasteiger partial charge in [-0.3, -0.25) is 4.79 Å². The summed E-state index contributed by atoms with van der Waals surface area (Å²) in [6, 6.07) is 0.120. The van der Waals surface area contributed by atoms with Gasteiger partial charge in [-0.25, -0.2) is 4.98 Å². The van der Waals surface area contributed by atoms with E-state index in [2.05, 4.69) is 17.2 Å². The molecule has 0 aliphatic carbocycles. The molecular weight excluding hydrogens is 210 g/mol. The first-order chi connectivity index (χ1) is 7.11. The van der Waals surface area contributed by atoms with Gasteiger partial charge in [0.2, 0.25) is 5.91 Å². The van der Waals surface area contributed by atoms with Gasteiger partial charge in [0.1, 0.15) is 0 Å². The molecule has 1 heterocycles. The Morgan fingerprint density at radius 3 is 3.00 bits per heavy atom. The molecule has 4 nitrogen and oxygen atoms in total. The second kappa shape index (κ2) is 5.82. The lowest BCUT2D eigenvalue weighted by molar-refractivity contribution is -0.118. The molecule has 1 aromatic rings. The SMILES string of the molecule is CCc1ncc(CNC(C)CC(N)=O)s1. The molecule has 0 spiro atoms. The van der Waals surface area contributed by atoms with E-state index < -0.39 is 0 Å². The highest BCUT2D eigenvalue weighted by Gasteiger charge is 2.06. The number of carbonyl (C=O) groups excluding carboxylic acids is 1. The van der Waals surface area contributed by atoms with Gasteiger partial charge in [-0.2, -0.15) is 0 Å². The minimum atomic E-state index is -0.270. The summed E-state index contributed by atoms with van der Waals surface area (Å²) in [4.78, 5) is 16.1. The summed E-state index contributed by atoms with van der Waals surface area (Å²) in [6.45, 7) is 4.80. The van der Waals surface area contributed by atoms with Crippen molar-refractivity contribution in [3.05, 3.63) is 16.1 Å². The summed E-state index contributed by atoms with van der Waals surface area (Å²) in [5.74, 6) is -0.270. The third kappa shape index (κ3) is 4.40. The van der Waals surface area contributed by atoms with Crippen molar-refractivity contribution in [3.8, 4) is 0 Å². The highest BCUT2D eigenvalue weighted by molar-refractivity contribution is 7.11. The summed E-state index contributed by atoms with van der Waals surface area (Å²) >= 11 is 1.70. The molecule has 0 aliphatic rings. The van der Waals surface area contributed by atoms with Gasteiger partial charge in [-0.15, -0.1) is 11.3 Å². The van der Waals surface area contributed by atoms with Crippen LogP contribution in [-0.2, 0) is 17.8 Å². The number of hydrogen-bond donors (Lipinski definition) is 2. The van der Waals surface area contributed by atoms with E-state index >= 15 is 0 Å². The summed E-state index contributed by atoms with van der Waals surface area (Å²) in [5, 5.41) is 4.38. The molecule has 1 rings (SSSR count).